The van der Waals surface area contributed by atoms with E-state index in [0.29, 0.717) is 27.4 Å². The van der Waals surface area contributed by atoms with Crippen molar-refractivity contribution < 1.29 is 17.9 Å². The number of piperazine rings is 1. The average Bonchev–Trinajstić information content (AvgIpc) is 3.28. The van der Waals surface area contributed by atoms with E-state index in [2.05, 4.69) is 4.98 Å². The van der Waals surface area contributed by atoms with Crippen LogP contribution in [0, 0.1) is 5.21 Å². The zero-order valence-electron chi connectivity index (χ0n) is 18.0. The summed E-state index contributed by atoms with van der Waals surface area (Å²) >= 11 is 6.01. The Labute approximate surface area is 201 Å². The standard InChI is InChI=1S/C24H21ClN4O4S/c25-20-8-9-21-19(15-20)16-23(26-21)34(32,33)28-13-11-27(12-14-28)24(30)18-6-4-17(5-7-18)22-3-1-2-10-29(22)31/h1-10,15-16,26H,11-14H2. The van der Waals surface area contributed by atoms with Crippen LogP contribution in [0.5, 0.6) is 0 Å². The molecule has 1 N–H and O–H groups in total. The van der Waals surface area contributed by atoms with E-state index < -0.39 is 10.0 Å². The van der Waals surface area contributed by atoms with Gasteiger partial charge in [0.1, 0.15) is 5.03 Å². The summed E-state index contributed by atoms with van der Waals surface area (Å²) in [6.07, 6.45) is 1.42. The van der Waals surface area contributed by atoms with Crippen LogP contribution in [-0.4, -0.2) is 54.7 Å². The van der Waals surface area contributed by atoms with Crippen LogP contribution in [0.4, 0.5) is 0 Å². The Morgan fingerprint density at radius 3 is 2.41 bits per heavy atom. The lowest BCUT2D eigenvalue weighted by atomic mass is 10.1. The molecule has 5 rings (SSSR count). The number of H-pyrrole nitrogens is 1. The summed E-state index contributed by atoms with van der Waals surface area (Å²) in [4.78, 5) is 17.6. The third kappa shape index (κ3) is 4.13. The van der Waals surface area contributed by atoms with E-state index in [0.717, 1.165) is 10.1 Å². The van der Waals surface area contributed by atoms with Crippen LogP contribution in [-0.2, 0) is 10.0 Å². The van der Waals surface area contributed by atoms with E-state index in [1.807, 2.05) is 0 Å². The molecule has 1 aliphatic rings. The van der Waals surface area contributed by atoms with Crippen molar-refractivity contribution in [2.75, 3.05) is 26.2 Å². The number of hydrogen-bond donors (Lipinski definition) is 1. The molecule has 0 radical (unpaired) electrons. The lowest BCUT2D eigenvalue weighted by Gasteiger charge is -2.33. The van der Waals surface area contributed by atoms with E-state index in [-0.39, 0.29) is 37.1 Å². The van der Waals surface area contributed by atoms with Crippen molar-refractivity contribution in [1.82, 2.24) is 14.2 Å². The molecule has 0 aliphatic carbocycles. The number of rotatable bonds is 4. The Morgan fingerprint density at radius 1 is 0.971 bits per heavy atom. The second-order valence-corrected chi connectivity index (χ2v) is 10.4. The predicted octanol–water partition coefficient (Wildman–Crippen LogP) is 3.27. The molecule has 1 amide bonds. The Morgan fingerprint density at radius 2 is 1.71 bits per heavy atom. The molecule has 0 atom stereocenters. The molecule has 1 saturated heterocycles. The summed E-state index contributed by atoms with van der Waals surface area (Å²) in [6, 6.07) is 18.7. The van der Waals surface area contributed by atoms with Gasteiger partial charge in [0.2, 0.25) is 5.69 Å². The van der Waals surface area contributed by atoms with Gasteiger partial charge in [-0.15, -0.1) is 0 Å². The molecule has 174 valence electrons. The largest absolute Gasteiger partial charge is 0.618 e. The second-order valence-electron chi connectivity index (χ2n) is 8.05. The number of amides is 1. The summed E-state index contributed by atoms with van der Waals surface area (Å²) < 4.78 is 28.4. The number of fused-ring (bicyclic) bond motifs is 1. The minimum atomic E-state index is -3.73. The number of benzene rings is 2. The number of pyridine rings is 1. The van der Waals surface area contributed by atoms with Gasteiger partial charge in [0.05, 0.1) is 0 Å². The van der Waals surface area contributed by atoms with Gasteiger partial charge in [0.15, 0.2) is 6.20 Å². The minimum Gasteiger partial charge on any atom is -0.618 e. The van der Waals surface area contributed by atoms with E-state index in [4.69, 9.17) is 11.6 Å². The molecule has 0 unspecified atom stereocenters. The summed E-state index contributed by atoms with van der Waals surface area (Å²) in [5, 5.41) is 13.3. The third-order valence-electron chi connectivity index (χ3n) is 5.95. The third-order valence-corrected chi connectivity index (χ3v) is 8.01. The van der Waals surface area contributed by atoms with Crippen molar-refractivity contribution in [2.45, 2.75) is 5.03 Å². The lowest BCUT2D eigenvalue weighted by molar-refractivity contribution is -0.593. The molecular formula is C24H21ClN4O4S. The fraction of sp³-hybridized carbons (Fsp3) is 0.167. The highest BCUT2D eigenvalue weighted by Crippen LogP contribution is 2.25. The van der Waals surface area contributed by atoms with Crippen LogP contribution in [0.3, 0.4) is 0 Å². The predicted molar refractivity (Wildman–Crippen MR) is 129 cm³/mol. The summed E-state index contributed by atoms with van der Waals surface area (Å²) in [5.41, 5.74) is 2.39. The van der Waals surface area contributed by atoms with E-state index >= 15 is 0 Å². The maximum absolute atomic E-state index is 13.1. The first-order valence-corrected chi connectivity index (χ1v) is 12.5. The molecule has 10 heteroatoms. The van der Waals surface area contributed by atoms with E-state index in [9.17, 15) is 18.4 Å². The van der Waals surface area contributed by atoms with E-state index in [1.54, 1.807) is 71.6 Å². The van der Waals surface area contributed by atoms with Gasteiger partial charge in [-0.05, 0) is 54.6 Å². The number of aromatic nitrogens is 2. The molecule has 2 aromatic carbocycles. The molecule has 3 heterocycles. The highest BCUT2D eigenvalue weighted by Gasteiger charge is 2.31. The van der Waals surface area contributed by atoms with Crippen molar-refractivity contribution in [3.8, 4) is 11.3 Å². The zero-order valence-corrected chi connectivity index (χ0v) is 19.6. The summed E-state index contributed by atoms with van der Waals surface area (Å²) in [7, 11) is -3.73. The van der Waals surface area contributed by atoms with Gasteiger partial charge in [-0.25, -0.2) is 8.42 Å². The molecule has 2 aromatic heterocycles. The molecule has 4 aromatic rings. The topological polar surface area (TPSA) is 100 Å². The first-order valence-electron chi connectivity index (χ1n) is 10.7. The highest BCUT2D eigenvalue weighted by atomic mass is 35.5. The Hall–Kier alpha value is -3.40. The molecule has 0 saturated carbocycles. The van der Waals surface area contributed by atoms with Crippen molar-refractivity contribution in [1.29, 1.82) is 0 Å². The number of hydrogen-bond acceptors (Lipinski definition) is 4. The Kier molecular flexibility index (Phi) is 5.76. The van der Waals surface area contributed by atoms with E-state index in [1.165, 1.54) is 10.5 Å². The highest BCUT2D eigenvalue weighted by molar-refractivity contribution is 7.89. The lowest BCUT2D eigenvalue weighted by Crippen LogP contribution is -2.50. The molecule has 1 aliphatic heterocycles. The number of sulfonamides is 1. The maximum atomic E-state index is 13.1. The summed E-state index contributed by atoms with van der Waals surface area (Å²) in [5.74, 6) is -0.174. The minimum absolute atomic E-state index is 0.108. The van der Waals surface area contributed by atoms with Crippen LogP contribution in [0.15, 0.2) is 78.0 Å². The summed E-state index contributed by atoms with van der Waals surface area (Å²) in [6.45, 7) is 0.960. The SMILES string of the molecule is O=C(c1ccc(-c2cccc[n+]2[O-])cc1)N1CCN(S(=O)(=O)c2cc3cc(Cl)ccc3[nH]2)CC1. The monoisotopic (exact) mass is 496 g/mol. The number of carbonyl (C=O) groups excluding carboxylic acids is 1. The van der Waals surface area contributed by atoms with Crippen LogP contribution in [0.1, 0.15) is 10.4 Å². The van der Waals surface area contributed by atoms with Gasteiger partial charge in [0.25, 0.3) is 15.9 Å². The molecular weight excluding hydrogens is 476 g/mol. The maximum Gasteiger partial charge on any atom is 0.258 e. The van der Waals surface area contributed by atoms with Gasteiger partial charge < -0.3 is 15.1 Å². The van der Waals surface area contributed by atoms with Gasteiger partial charge >= 0.3 is 0 Å². The average molecular weight is 497 g/mol. The molecule has 8 nitrogen and oxygen atoms in total. The number of halogens is 1. The quantitative estimate of drug-likeness (QED) is 0.346. The van der Waals surface area contributed by atoms with Crippen molar-refractivity contribution >= 4 is 38.4 Å². The van der Waals surface area contributed by atoms with Crippen LogP contribution in [0.2, 0.25) is 5.02 Å². The molecule has 0 spiro atoms. The first-order chi connectivity index (χ1) is 16.3. The first kappa shape index (κ1) is 22.4. The van der Waals surface area contributed by atoms with Gasteiger partial charge in [-0.3, -0.25) is 4.79 Å². The van der Waals surface area contributed by atoms with Crippen molar-refractivity contribution in [3.63, 3.8) is 0 Å². The molecule has 34 heavy (non-hydrogen) atoms. The number of nitrogens with one attached hydrogen (secondary N) is 1. The molecule has 0 bridgehead atoms. The Bertz CT molecular complexity index is 1480. The van der Waals surface area contributed by atoms with Crippen molar-refractivity contribution in [2.24, 2.45) is 0 Å². The number of nitrogens with zero attached hydrogens (tertiary/aromatic N) is 3. The Balaban J connectivity index is 1.27. The van der Waals surface area contributed by atoms with Crippen LogP contribution in [0.25, 0.3) is 22.2 Å². The van der Waals surface area contributed by atoms with Crippen LogP contribution >= 0.6 is 11.6 Å². The fourth-order valence-corrected chi connectivity index (χ4v) is 5.72. The van der Waals surface area contributed by atoms with Gasteiger partial charge in [-0.2, -0.15) is 9.04 Å². The van der Waals surface area contributed by atoms with Crippen molar-refractivity contribution in [3.05, 3.63) is 88.7 Å². The van der Waals surface area contributed by atoms with Crippen LogP contribution < -0.4 is 4.73 Å². The van der Waals surface area contributed by atoms with Gasteiger partial charge in [-0.1, -0.05) is 11.6 Å². The van der Waals surface area contributed by atoms with Gasteiger partial charge in [0, 0.05) is 65.4 Å². The number of aromatic amines is 1. The fourth-order valence-electron chi connectivity index (χ4n) is 4.10. The smallest absolute Gasteiger partial charge is 0.258 e. The molecule has 1 fully saturated rings. The normalized spacial score (nSPS) is 15.0. The number of carbonyl (C=O) groups is 1. The second kappa shape index (κ2) is 8.75. The zero-order chi connectivity index (χ0) is 23.9.